The first-order valence-electron chi connectivity index (χ1n) is 10.9. The molecule has 0 aliphatic rings. The molecular weight excluding hydrogens is 492 g/mol. The van der Waals surface area contributed by atoms with Gasteiger partial charge in [-0.25, -0.2) is 18.2 Å². The summed E-state index contributed by atoms with van der Waals surface area (Å²) >= 11 is 0. The molecule has 2 aromatic heterocycles. The Balaban J connectivity index is 1.69. The van der Waals surface area contributed by atoms with E-state index in [1.807, 2.05) is 0 Å². The molecule has 37 heavy (non-hydrogen) atoms. The van der Waals surface area contributed by atoms with Crippen molar-refractivity contribution in [1.29, 1.82) is 0 Å². The predicted octanol–water partition coefficient (Wildman–Crippen LogP) is 6.98. The second-order valence-corrected chi connectivity index (χ2v) is 8.10. The minimum Gasteiger partial charge on any atom is -0.259 e. The number of halogens is 6. The molecule has 0 unspecified atom stereocenters. The van der Waals surface area contributed by atoms with E-state index in [4.69, 9.17) is 0 Å². The molecule has 0 radical (unpaired) electrons. The second kappa shape index (κ2) is 9.47. The molecule has 0 saturated heterocycles. The minimum atomic E-state index is -4.71. The monoisotopic (exact) mass is 507 g/mol. The van der Waals surface area contributed by atoms with E-state index in [1.165, 1.54) is 12.1 Å². The van der Waals surface area contributed by atoms with E-state index in [1.54, 1.807) is 48.7 Å². The fourth-order valence-electron chi connectivity index (χ4n) is 3.99. The number of pyridine rings is 1. The molecular formula is C28H15F6N3. The smallest absolute Gasteiger partial charge is 0.259 e. The van der Waals surface area contributed by atoms with Gasteiger partial charge in [0.05, 0.1) is 17.8 Å². The summed E-state index contributed by atoms with van der Waals surface area (Å²) in [4.78, 5) is 4.13. The van der Waals surface area contributed by atoms with Gasteiger partial charge in [0, 0.05) is 40.4 Å². The van der Waals surface area contributed by atoms with E-state index >= 15 is 0 Å². The number of nitrogens with zero attached hydrogens (tertiary/aromatic N) is 3. The first-order valence-corrected chi connectivity index (χ1v) is 10.9. The third-order valence-electron chi connectivity index (χ3n) is 5.62. The van der Waals surface area contributed by atoms with Crippen LogP contribution in [0.4, 0.5) is 26.3 Å². The molecule has 0 aliphatic carbocycles. The van der Waals surface area contributed by atoms with Gasteiger partial charge in [-0.2, -0.15) is 18.3 Å². The second-order valence-electron chi connectivity index (χ2n) is 8.10. The van der Waals surface area contributed by atoms with E-state index in [-0.39, 0.29) is 16.6 Å². The summed E-state index contributed by atoms with van der Waals surface area (Å²) in [6.45, 7) is -0.566. The predicted molar refractivity (Wildman–Crippen MR) is 126 cm³/mol. The lowest BCUT2D eigenvalue weighted by Crippen LogP contribution is -2.09. The van der Waals surface area contributed by atoms with Gasteiger partial charge < -0.3 is 0 Å². The maximum Gasteiger partial charge on any atom is 0.418 e. The highest BCUT2D eigenvalue weighted by Gasteiger charge is 2.34. The first-order chi connectivity index (χ1) is 17.7. The van der Waals surface area contributed by atoms with E-state index in [2.05, 4.69) is 21.9 Å². The van der Waals surface area contributed by atoms with Crippen molar-refractivity contribution in [2.45, 2.75) is 12.7 Å². The van der Waals surface area contributed by atoms with Crippen molar-refractivity contribution in [3.63, 3.8) is 0 Å². The summed E-state index contributed by atoms with van der Waals surface area (Å²) < 4.78 is 84.7. The molecule has 5 rings (SSSR count). The summed E-state index contributed by atoms with van der Waals surface area (Å²) in [6.07, 6.45) is -3.12. The molecule has 3 nitrogen and oxygen atoms in total. The van der Waals surface area contributed by atoms with Crippen molar-refractivity contribution < 1.29 is 26.3 Å². The van der Waals surface area contributed by atoms with Crippen LogP contribution < -0.4 is 0 Å². The van der Waals surface area contributed by atoms with Crippen molar-refractivity contribution in [2.75, 3.05) is 0 Å². The normalized spacial score (nSPS) is 11.4. The lowest BCUT2D eigenvalue weighted by molar-refractivity contribution is -0.136. The van der Waals surface area contributed by atoms with Gasteiger partial charge in [-0.15, -0.1) is 0 Å². The zero-order valence-corrected chi connectivity index (χ0v) is 18.8. The third-order valence-corrected chi connectivity index (χ3v) is 5.62. The number of alkyl halides is 3. The fraction of sp³-hybridized carbons (Fsp3) is 0.0714. The summed E-state index contributed by atoms with van der Waals surface area (Å²) in [5.41, 5.74) is -0.205. The summed E-state index contributed by atoms with van der Waals surface area (Å²) in [7, 11) is 0. The summed E-state index contributed by atoms with van der Waals surface area (Å²) in [5.74, 6) is 2.41. The number of hydrogen-bond acceptors (Lipinski definition) is 2. The van der Waals surface area contributed by atoms with Crippen LogP contribution in [0.15, 0.2) is 79.0 Å². The van der Waals surface area contributed by atoms with Crippen LogP contribution in [-0.2, 0) is 12.7 Å². The van der Waals surface area contributed by atoms with Crippen LogP contribution in [0.25, 0.3) is 22.2 Å². The molecule has 2 heterocycles. The highest BCUT2D eigenvalue weighted by Crippen LogP contribution is 2.38. The number of rotatable bonds is 3. The third kappa shape index (κ3) is 4.91. The van der Waals surface area contributed by atoms with Crippen molar-refractivity contribution >= 4 is 10.9 Å². The van der Waals surface area contributed by atoms with E-state index < -0.39 is 41.3 Å². The van der Waals surface area contributed by atoms with Gasteiger partial charge in [0.2, 0.25) is 0 Å². The highest BCUT2D eigenvalue weighted by molar-refractivity contribution is 5.95. The van der Waals surface area contributed by atoms with Crippen LogP contribution in [0, 0.1) is 29.3 Å². The molecule has 3 aromatic carbocycles. The molecule has 0 fully saturated rings. The maximum absolute atomic E-state index is 14.5. The molecule has 0 bridgehead atoms. The van der Waals surface area contributed by atoms with Gasteiger partial charge in [0.1, 0.15) is 28.7 Å². The number of aromatic nitrogens is 3. The Morgan fingerprint density at radius 1 is 0.811 bits per heavy atom. The number of hydrogen-bond donors (Lipinski definition) is 0. The van der Waals surface area contributed by atoms with Crippen LogP contribution in [0.5, 0.6) is 0 Å². The number of benzene rings is 3. The summed E-state index contributed by atoms with van der Waals surface area (Å²) in [5, 5.41) is 4.23. The van der Waals surface area contributed by atoms with Gasteiger partial charge in [-0.05, 0) is 36.3 Å². The van der Waals surface area contributed by atoms with Crippen LogP contribution in [0.1, 0.15) is 22.4 Å². The lowest BCUT2D eigenvalue weighted by Gasteiger charge is -2.11. The molecule has 0 saturated carbocycles. The van der Waals surface area contributed by atoms with E-state index in [0.29, 0.717) is 29.0 Å². The summed E-state index contributed by atoms with van der Waals surface area (Å²) in [6, 6.07) is 16.5. The Morgan fingerprint density at radius 2 is 1.57 bits per heavy atom. The molecule has 0 N–H and O–H groups in total. The first kappa shape index (κ1) is 24.1. The largest absolute Gasteiger partial charge is 0.418 e. The zero-order chi connectivity index (χ0) is 26.2. The molecule has 0 atom stereocenters. The van der Waals surface area contributed by atoms with Crippen molar-refractivity contribution in [1.82, 2.24) is 14.8 Å². The van der Waals surface area contributed by atoms with Crippen LogP contribution in [-0.4, -0.2) is 14.8 Å². The van der Waals surface area contributed by atoms with Crippen molar-refractivity contribution in [3.8, 4) is 23.1 Å². The minimum absolute atomic E-state index is 0.132. The van der Waals surface area contributed by atoms with Gasteiger partial charge in [-0.1, -0.05) is 36.3 Å². The average molecular weight is 507 g/mol. The highest BCUT2D eigenvalue weighted by atomic mass is 19.4. The Kier molecular flexibility index (Phi) is 6.17. The molecule has 9 heteroatoms. The van der Waals surface area contributed by atoms with Crippen LogP contribution in [0.3, 0.4) is 0 Å². The van der Waals surface area contributed by atoms with Gasteiger partial charge in [-0.3, -0.25) is 4.68 Å². The standard InChI is InChI=1S/C28H15F6N3/c29-19-14-24(30)22(25(31)15-19)16-37-27(21-8-4-9-23(26(21)36-37)28(32,33)34)18-6-3-5-17(13-18)10-11-20-7-1-2-12-35-20/h1-9,12-15H,16H2. The fourth-order valence-corrected chi connectivity index (χ4v) is 3.99. The molecule has 0 aliphatic heterocycles. The van der Waals surface area contributed by atoms with Gasteiger partial charge in [0.25, 0.3) is 0 Å². The Hall–Kier alpha value is -4.58. The molecule has 5 aromatic rings. The zero-order valence-electron chi connectivity index (χ0n) is 18.8. The van der Waals surface area contributed by atoms with Crippen molar-refractivity contribution in [2.24, 2.45) is 0 Å². The van der Waals surface area contributed by atoms with E-state index in [0.717, 1.165) is 10.7 Å². The van der Waals surface area contributed by atoms with Crippen molar-refractivity contribution in [3.05, 3.63) is 119 Å². The Bertz CT molecular complexity index is 1650. The van der Waals surface area contributed by atoms with Crippen LogP contribution >= 0.6 is 0 Å². The van der Waals surface area contributed by atoms with Gasteiger partial charge in [0.15, 0.2) is 0 Å². The van der Waals surface area contributed by atoms with Gasteiger partial charge >= 0.3 is 6.18 Å². The number of fused-ring (bicyclic) bond motifs is 1. The quantitative estimate of drug-likeness (QED) is 0.195. The average Bonchev–Trinajstić information content (AvgIpc) is 3.23. The van der Waals surface area contributed by atoms with E-state index in [9.17, 15) is 26.3 Å². The molecule has 0 amide bonds. The van der Waals surface area contributed by atoms with Crippen LogP contribution in [0.2, 0.25) is 0 Å². The topological polar surface area (TPSA) is 30.7 Å². The lowest BCUT2D eigenvalue weighted by atomic mass is 10.0. The Labute approximate surface area is 207 Å². The molecule has 0 spiro atoms. The Morgan fingerprint density at radius 3 is 2.27 bits per heavy atom. The maximum atomic E-state index is 14.5. The molecule has 184 valence electrons. The SMILES string of the molecule is Fc1cc(F)c(Cn2nc3c(C(F)(F)F)cccc3c2-c2cccc(C#Cc3ccccn3)c2)c(F)c1.